The number of nitrogens with two attached hydrogens (primary N) is 3. The number of likely N-dealkylation sites (tertiary alicyclic amines) is 1. The molecule has 13 atom stereocenters. The van der Waals surface area contributed by atoms with Crippen LogP contribution in [0.15, 0.2) is 47.8 Å². The summed E-state index contributed by atoms with van der Waals surface area (Å²) in [4.78, 5) is 175. The third kappa shape index (κ3) is 25.3. The van der Waals surface area contributed by atoms with Crippen molar-refractivity contribution in [3.63, 3.8) is 0 Å². The van der Waals surface area contributed by atoms with Crippen LogP contribution in [0.1, 0.15) is 111 Å². The number of thioether (sulfide) groups is 1. The van der Waals surface area contributed by atoms with Crippen LogP contribution in [-0.4, -0.2) is 205 Å². The Kier molecular flexibility index (Phi) is 31.5. The molecule has 32 heteroatoms. The molecular weight excluding hydrogens is 1180 g/mol. The number of benzene rings is 1. The Morgan fingerprint density at radius 3 is 1.82 bits per heavy atom. The number of carbonyl (C=O) groups is 12. The summed E-state index contributed by atoms with van der Waals surface area (Å²) >= 11 is 1.42. The van der Waals surface area contributed by atoms with E-state index in [1.54, 1.807) is 64.3 Å². The summed E-state index contributed by atoms with van der Waals surface area (Å²) in [5, 5.41) is 53.0. The maximum Gasteiger partial charge on any atom is 0.326 e. The number of aliphatic carboxylic acids is 2. The Bertz CT molecular complexity index is 2750. The van der Waals surface area contributed by atoms with Crippen molar-refractivity contribution in [2.45, 2.75) is 185 Å². The standard InChI is InChI=1S/C57H90N16O15S/c1-9-30(4)44(56(87)88)71-46(77)32(6)65-53(84)42-18-14-21-73(42)55(86)37(17-13-20-62-57(59)60)66-50(81)39(24-34-15-11-10-12-16-34)70-54(85)45(33(7)74)72-47(78)31(5)64-49(80)38(23-29(2)3)68-51(82)40(25-35-27-61-28-63-35)69-52(83)41(26-43(75)76)67-48(79)36(58)19-22-89-8/h10-12,15-16,27-33,36-42,44-45,74H,9,13-14,17-26,58H2,1-8H3,(H,61,63)(H,64,80)(H,65,84)(H,66,81)(H,67,79)(H,68,82)(H,69,83)(H,70,85)(H,71,77)(H,72,78)(H,75,76)(H,87,88)(H4,59,60,62)/t30-,31-,32-,33+,36-,37-,38-,39-,40-,41-,42-,44-,45-/m0/s1. The molecule has 0 spiro atoms. The number of hydrogen-bond donors (Lipinski definition) is 16. The smallest absolute Gasteiger partial charge is 0.326 e. The van der Waals surface area contributed by atoms with Gasteiger partial charge in [-0.2, -0.15) is 11.8 Å². The molecule has 10 amide bonds. The van der Waals surface area contributed by atoms with Crippen molar-refractivity contribution >= 4 is 88.7 Å². The number of imidazole rings is 1. The lowest BCUT2D eigenvalue weighted by molar-refractivity contribution is -0.144. The molecule has 2 heterocycles. The number of H-pyrrole nitrogens is 1. The summed E-state index contributed by atoms with van der Waals surface area (Å²) in [5.74, 6) is -11.9. The highest BCUT2D eigenvalue weighted by Gasteiger charge is 2.41. The van der Waals surface area contributed by atoms with E-state index in [0.717, 1.165) is 0 Å². The van der Waals surface area contributed by atoms with Crippen molar-refractivity contribution in [1.29, 1.82) is 0 Å². The number of guanidine groups is 1. The van der Waals surface area contributed by atoms with Crippen molar-refractivity contribution in [3.05, 3.63) is 54.1 Å². The molecule has 0 bridgehead atoms. The third-order valence-electron chi connectivity index (χ3n) is 14.6. The zero-order valence-electron chi connectivity index (χ0n) is 51.5. The van der Waals surface area contributed by atoms with Crippen LogP contribution in [0.2, 0.25) is 0 Å². The molecule has 1 fully saturated rings. The number of hydrogen-bond acceptors (Lipinski definition) is 17. The second kappa shape index (κ2) is 37.5. The van der Waals surface area contributed by atoms with E-state index in [0.29, 0.717) is 29.9 Å². The monoisotopic (exact) mass is 1270 g/mol. The number of aromatic amines is 1. The topological polar surface area (TPSA) is 496 Å². The number of rotatable bonds is 38. The van der Waals surface area contributed by atoms with E-state index in [1.807, 2.05) is 0 Å². The van der Waals surface area contributed by atoms with E-state index in [4.69, 9.17) is 17.2 Å². The molecule has 31 nitrogen and oxygen atoms in total. The maximum atomic E-state index is 14.6. The molecule has 1 saturated heterocycles. The van der Waals surface area contributed by atoms with Crippen LogP contribution in [-0.2, 0) is 70.4 Å². The van der Waals surface area contributed by atoms with Crippen molar-refractivity contribution in [2.75, 3.05) is 25.1 Å². The molecule has 0 aliphatic carbocycles. The number of aliphatic imine (C=N–C) groups is 1. The molecule has 494 valence electrons. The van der Waals surface area contributed by atoms with E-state index in [9.17, 15) is 72.9 Å². The number of nitrogens with one attached hydrogen (secondary N) is 10. The molecular formula is C57H90N16O15S. The van der Waals surface area contributed by atoms with Gasteiger partial charge >= 0.3 is 11.9 Å². The Morgan fingerprint density at radius 1 is 0.697 bits per heavy atom. The molecule has 1 aromatic carbocycles. The van der Waals surface area contributed by atoms with E-state index in [-0.39, 0.29) is 69.9 Å². The first-order valence-electron chi connectivity index (χ1n) is 29.5. The van der Waals surface area contributed by atoms with Crippen LogP contribution in [0.3, 0.4) is 0 Å². The van der Waals surface area contributed by atoms with Crippen LogP contribution in [0.25, 0.3) is 0 Å². The zero-order chi connectivity index (χ0) is 66.7. The molecule has 89 heavy (non-hydrogen) atoms. The fourth-order valence-electron chi connectivity index (χ4n) is 9.37. The highest BCUT2D eigenvalue weighted by Crippen LogP contribution is 2.21. The van der Waals surface area contributed by atoms with Crippen molar-refractivity contribution < 1.29 is 72.9 Å². The van der Waals surface area contributed by atoms with Gasteiger partial charge in [0.05, 0.1) is 24.9 Å². The van der Waals surface area contributed by atoms with Gasteiger partial charge in [0.1, 0.15) is 60.4 Å². The van der Waals surface area contributed by atoms with Crippen LogP contribution in [0.4, 0.5) is 0 Å². The summed E-state index contributed by atoms with van der Waals surface area (Å²) in [6, 6.07) is -6.81. The van der Waals surface area contributed by atoms with Gasteiger partial charge in [-0.3, -0.25) is 57.7 Å². The summed E-state index contributed by atoms with van der Waals surface area (Å²) in [6.07, 6.45) is 2.81. The number of aromatic nitrogens is 2. The Labute approximate surface area is 520 Å². The molecule has 1 aliphatic heterocycles. The SMILES string of the molecule is CC[C@H](C)[C@H](NC(=O)[C@H](C)NC(=O)[C@@H]1CCCN1C(=O)[C@H](CCCN=C(N)N)NC(=O)[C@H](Cc1ccccc1)NC(=O)[C@@H](NC(=O)[C@H](C)NC(=O)[C@H](CC(C)C)NC(=O)[C@H](Cc1cnc[nH]1)NC(=O)[C@H](CC(=O)O)NC(=O)[C@@H](N)CCSC)[C@@H](C)O)C(=O)O. The van der Waals surface area contributed by atoms with Gasteiger partial charge in [0.2, 0.25) is 59.1 Å². The van der Waals surface area contributed by atoms with Crippen LogP contribution >= 0.6 is 11.8 Å². The highest BCUT2D eigenvalue weighted by atomic mass is 32.2. The third-order valence-corrected chi connectivity index (χ3v) is 15.2. The van der Waals surface area contributed by atoms with Crippen molar-refractivity contribution in [1.82, 2.24) is 62.7 Å². The lowest BCUT2D eigenvalue weighted by Gasteiger charge is -2.31. The summed E-state index contributed by atoms with van der Waals surface area (Å²) in [7, 11) is 0. The number of carbonyl (C=O) groups excluding carboxylic acids is 10. The number of aliphatic hydroxyl groups excluding tert-OH is 1. The van der Waals surface area contributed by atoms with Crippen LogP contribution in [0.5, 0.6) is 0 Å². The predicted octanol–water partition coefficient (Wildman–Crippen LogP) is -3.24. The molecule has 1 aromatic heterocycles. The van der Waals surface area contributed by atoms with E-state index < -0.39 is 156 Å². The lowest BCUT2D eigenvalue weighted by Crippen LogP contribution is -2.62. The first-order valence-corrected chi connectivity index (χ1v) is 30.8. The number of carboxylic acid groups (broad SMARTS) is 2. The fraction of sp³-hybridized carbons (Fsp3) is 0.614. The van der Waals surface area contributed by atoms with Crippen LogP contribution < -0.4 is 65.1 Å². The number of aliphatic hydroxyl groups is 1. The minimum Gasteiger partial charge on any atom is -0.481 e. The van der Waals surface area contributed by atoms with Gasteiger partial charge in [-0.25, -0.2) is 9.78 Å². The van der Waals surface area contributed by atoms with E-state index in [2.05, 4.69) is 62.8 Å². The Morgan fingerprint density at radius 2 is 1.26 bits per heavy atom. The van der Waals surface area contributed by atoms with Gasteiger partial charge in [-0.15, -0.1) is 0 Å². The Balaban J connectivity index is 1.86. The van der Waals surface area contributed by atoms with Crippen molar-refractivity contribution in [2.24, 2.45) is 34.0 Å². The first kappa shape index (κ1) is 74.9. The predicted molar refractivity (Wildman–Crippen MR) is 327 cm³/mol. The van der Waals surface area contributed by atoms with Crippen LogP contribution in [0, 0.1) is 11.8 Å². The molecule has 2 aromatic rings. The van der Waals surface area contributed by atoms with Crippen molar-refractivity contribution in [3.8, 4) is 0 Å². The lowest BCUT2D eigenvalue weighted by atomic mass is 9.99. The average molecular weight is 1270 g/mol. The minimum absolute atomic E-state index is 0.0154. The maximum absolute atomic E-state index is 14.6. The second-order valence-electron chi connectivity index (χ2n) is 22.4. The molecule has 0 unspecified atom stereocenters. The largest absolute Gasteiger partial charge is 0.481 e. The number of nitrogens with zero attached hydrogens (tertiary/aromatic N) is 3. The van der Waals surface area contributed by atoms with Gasteiger partial charge in [0, 0.05) is 37.8 Å². The van der Waals surface area contributed by atoms with Gasteiger partial charge in [0.15, 0.2) is 5.96 Å². The average Bonchev–Trinajstić information content (AvgIpc) is 2.43. The summed E-state index contributed by atoms with van der Waals surface area (Å²) in [5.41, 5.74) is 18.0. The quantitative estimate of drug-likeness (QED) is 0.0178. The molecule has 1 aliphatic rings. The Hall–Kier alpha value is -8.39. The minimum atomic E-state index is -1.78. The van der Waals surface area contributed by atoms with E-state index >= 15 is 0 Å². The van der Waals surface area contributed by atoms with Gasteiger partial charge in [0.25, 0.3) is 0 Å². The molecule has 0 saturated carbocycles. The van der Waals surface area contributed by atoms with Gasteiger partial charge < -0.3 is 90.3 Å². The normalized spacial score (nSPS) is 16.9. The summed E-state index contributed by atoms with van der Waals surface area (Å²) < 4.78 is 0. The molecule has 3 rings (SSSR count). The fourth-order valence-corrected chi connectivity index (χ4v) is 9.86. The first-order chi connectivity index (χ1) is 42.0. The summed E-state index contributed by atoms with van der Waals surface area (Å²) in [6.45, 7) is 10.8. The van der Waals surface area contributed by atoms with Gasteiger partial charge in [-0.05, 0) is 88.7 Å². The van der Waals surface area contributed by atoms with E-state index in [1.165, 1.54) is 50.0 Å². The zero-order valence-corrected chi connectivity index (χ0v) is 52.4. The van der Waals surface area contributed by atoms with Gasteiger partial charge in [-0.1, -0.05) is 64.4 Å². The number of carboxylic acids is 2. The second-order valence-corrected chi connectivity index (χ2v) is 23.4. The number of amides is 10. The highest BCUT2D eigenvalue weighted by molar-refractivity contribution is 7.98. The molecule has 0 radical (unpaired) electrons. The molecule has 19 N–H and O–H groups in total.